The second-order valence-corrected chi connectivity index (χ2v) is 8.58. The minimum atomic E-state index is -0.564. The van der Waals surface area contributed by atoms with E-state index in [-0.39, 0.29) is 37.6 Å². The minimum absolute atomic E-state index is 0.0177. The average molecular weight is 490 g/mol. The number of carbonyl (C=O) groups is 2. The van der Waals surface area contributed by atoms with Gasteiger partial charge in [-0.15, -0.1) is 0 Å². The Hall–Kier alpha value is -4.24. The van der Waals surface area contributed by atoms with Crippen LogP contribution in [-0.2, 0) is 22.7 Å². The van der Waals surface area contributed by atoms with Gasteiger partial charge in [-0.25, -0.2) is 4.39 Å². The molecule has 2 amide bonds. The molecule has 0 spiro atoms. The fourth-order valence-corrected chi connectivity index (χ4v) is 4.60. The lowest BCUT2D eigenvalue weighted by Gasteiger charge is -2.24. The van der Waals surface area contributed by atoms with E-state index in [1.165, 1.54) is 17.0 Å². The van der Waals surface area contributed by atoms with Crippen molar-refractivity contribution in [2.24, 2.45) is 5.16 Å². The van der Waals surface area contributed by atoms with Crippen molar-refractivity contribution in [2.45, 2.75) is 32.5 Å². The van der Waals surface area contributed by atoms with Crippen LogP contribution in [0.25, 0.3) is 0 Å². The highest BCUT2D eigenvalue weighted by atomic mass is 19.1. The third-order valence-electron chi connectivity index (χ3n) is 6.35. The topological polar surface area (TPSA) is 100 Å². The van der Waals surface area contributed by atoms with Crippen molar-refractivity contribution in [2.75, 3.05) is 11.7 Å². The van der Waals surface area contributed by atoms with Crippen molar-refractivity contribution in [1.82, 2.24) is 5.32 Å². The van der Waals surface area contributed by atoms with Crippen LogP contribution < -0.4 is 15.0 Å². The van der Waals surface area contributed by atoms with E-state index in [1.807, 2.05) is 37.3 Å². The first kappa shape index (κ1) is 23.5. The Morgan fingerprint density at radius 1 is 1.19 bits per heavy atom. The second kappa shape index (κ2) is 9.79. The molecule has 0 saturated carbocycles. The first-order chi connectivity index (χ1) is 17.5. The van der Waals surface area contributed by atoms with Gasteiger partial charge in [0.2, 0.25) is 0 Å². The first-order valence-electron chi connectivity index (χ1n) is 11.6. The largest absolute Gasteiger partial charge is 0.467 e. The summed E-state index contributed by atoms with van der Waals surface area (Å²) in [5, 5.41) is 15.7. The number of hydrogen-bond acceptors (Lipinski definition) is 6. The average Bonchev–Trinajstić information content (AvgIpc) is 3.17. The molecule has 0 aliphatic carbocycles. The van der Waals surface area contributed by atoms with Gasteiger partial charge in [0.15, 0.2) is 12.5 Å². The molecule has 0 bridgehead atoms. The van der Waals surface area contributed by atoms with E-state index in [2.05, 4.69) is 10.5 Å². The summed E-state index contributed by atoms with van der Waals surface area (Å²) < 4.78 is 25.1. The lowest BCUT2D eigenvalue weighted by Crippen LogP contribution is -2.30. The number of anilines is 1. The van der Waals surface area contributed by atoms with Gasteiger partial charge >= 0.3 is 0 Å². The normalized spacial score (nSPS) is 16.3. The monoisotopic (exact) mass is 489 g/mol. The van der Waals surface area contributed by atoms with Gasteiger partial charge in [0.05, 0.1) is 24.9 Å². The number of carbonyl (C=O) groups excluding carboxylic acids is 2. The molecule has 3 aromatic rings. The van der Waals surface area contributed by atoms with Gasteiger partial charge < -0.3 is 24.9 Å². The molecule has 1 unspecified atom stereocenters. The number of ether oxygens (including phenoxy) is 2. The van der Waals surface area contributed by atoms with Crippen LogP contribution in [-0.4, -0.2) is 29.5 Å². The lowest BCUT2D eigenvalue weighted by molar-refractivity contribution is -0.112. The summed E-state index contributed by atoms with van der Waals surface area (Å²) in [4.78, 5) is 27.6. The molecule has 1 atom stereocenters. The molecular weight excluding hydrogens is 465 g/mol. The van der Waals surface area contributed by atoms with Gasteiger partial charge in [0.25, 0.3) is 11.8 Å². The van der Waals surface area contributed by atoms with E-state index in [9.17, 15) is 19.2 Å². The van der Waals surface area contributed by atoms with Crippen LogP contribution in [0, 0.1) is 5.82 Å². The maximum atomic E-state index is 14.3. The van der Waals surface area contributed by atoms with Gasteiger partial charge in [-0.3, -0.25) is 9.59 Å². The quantitative estimate of drug-likeness (QED) is 0.397. The van der Waals surface area contributed by atoms with E-state index in [0.717, 1.165) is 5.56 Å². The molecule has 184 valence electrons. The highest BCUT2D eigenvalue weighted by molar-refractivity contribution is 6.54. The third-order valence-corrected chi connectivity index (χ3v) is 6.35. The molecule has 5 rings (SSSR count). The zero-order chi connectivity index (χ0) is 25.2. The highest BCUT2D eigenvalue weighted by Gasteiger charge is 2.36. The number of nitrogens with one attached hydrogen (secondary N) is 1. The van der Waals surface area contributed by atoms with Crippen LogP contribution in [0.3, 0.4) is 0 Å². The Kier molecular flexibility index (Phi) is 6.39. The predicted molar refractivity (Wildman–Crippen MR) is 130 cm³/mol. The lowest BCUT2D eigenvalue weighted by atomic mass is 10.0. The Morgan fingerprint density at radius 2 is 2.00 bits per heavy atom. The Labute approximate surface area is 206 Å². The van der Waals surface area contributed by atoms with E-state index < -0.39 is 11.7 Å². The summed E-state index contributed by atoms with van der Waals surface area (Å²) >= 11 is 0. The molecule has 2 aliphatic rings. The smallest absolute Gasteiger partial charge is 0.281 e. The number of fused-ring (bicyclic) bond motifs is 2. The number of amides is 2. The zero-order valence-corrected chi connectivity index (χ0v) is 19.5. The maximum Gasteiger partial charge on any atom is 0.281 e. The van der Waals surface area contributed by atoms with Crippen molar-refractivity contribution in [3.05, 3.63) is 94.3 Å². The summed E-state index contributed by atoms with van der Waals surface area (Å²) in [7, 11) is 0. The van der Waals surface area contributed by atoms with Gasteiger partial charge in [-0.1, -0.05) is 42.4 Å². The molecule has 3 aromatic carbocycles. The van der Waals surface area contributed by atoms with Crippen molar-refractivity contribution >= 4 is 23.2 Å². The van der Waals surface area contributed by atoms with E-state index in [0.29, 0.717) is 40.1 Å². The van der Waals surface area contributed by atoms with Crippen LogP contribution in [0.15, 0.2) is 65.8 Å². The predicted octanol–water partition coefficient (Wildman–Crippen LogP) is 4.30. The summed E-state index contributed by atoms with van der Waals surface area (Å²) in [5.74, 6) is -0.904. The number of halogens is 1. The summed E-state index contributed by atoms with van der Waals surface area (Å²) in [6.07, 6.45) is 0.695. The van der Waals surface area contributed by atoms with Crippen LogP contribution >= 0.6 is 0 Å². The van der Waals surface area contributed by atoms with Crippen molar-refractivity contribution in [1.29, 1.82) is 0 Å². The molecule has 9 heteroatoms. The Bertz CT molecular complexity index is 1360. The fourth-order valence-electron chi connectivity index (χ4n) is 4.60. The van der Waals surface area contributed by atoms with Crippen LogP contribution in [0.4, 0.5) is 10.1 Å². The zero-order valence-electron chi connectivity index (χ0n) is 19.5. The highest BCUT2D eigenvalue weighted by Crippen LogP contribution is 2.36. The number of rotatable bonds is 6. The first-order valence-corrected chi connectivity index (χ1v) is 11.6. The molecule has 2 N–H and O–H groups in total. The minimum Gasteiger partial charge on any atom is -0.467 e. The van der Waals surface area contributed by atoms with Crippen LogP contribution in [0.2, 0.25) is 0 Å². The van der Waals surface area contributed by atoms with E-state index in [1.54, 1.807) is 18.2 Å². The molecule has 8 nitrogen and oxygen atoms in total. The number of hydrogen-bond donors (Lipinski definition) is 2. The Morgan fingerprint density at radius 3 is 2.75 bits per heavy atom. The molecule has 0 fully saturated rings. The molecule has 36 heavy (non-hydrogen) atoms. The maximum absolute atomic E-state index is 14.3. The van der Waals surface area contributed by atoms with Crippen molar-refractivity contribution in [3.8, 4) is 5.75 Å². The van der Waals surface area contributed by atoms with E-state index in [4.69, 9.17) is 9.47 Å². The second-order valence-electron chi connectivity index (χ2n) is 8.58. The van der Waals surface area contributed by atoms with Gasteiger partial charge in [-0.05, 0) is 42.3 Å². The molecule has 0 saturated heterocycles. The molecule has 2 aliphatic heterocycles. The van der Waals surface area contributed by atoms with Gasteiger partial charge in [-0.2, -0.15) is 0 Å². The number of nitrogens with zero attached hydrogens (tertiary/aromatic N) is 2. The SMILES string of the molecule is CCC(NC(=O)c1ccc2c(c1)N(Cc1cc(F)cc3c1OCOC3)C(=O)/C2=N\O)c1ccccc1. The van der Waals surface area contributed by atoms with Gasteiger partial charge in [0, 0.05) is 22.3 Å². The Balaban J connectivity index is 1.47. The van der Waals surface area contributed by atoms with Crippen LogP contribution in [0.1, 0.15) is 52.0 Å². The number of oxime groups is 1. The number of benzene rings is 3. The molecular formula is C27H24FN3O5. The summed E-state index contributed by atoms with van der Waals surface area (Å²) in [5.41, 5.74) is 2.92. The summed E-state index contributed by atoms with van der Waals surface area (Å²) in [6, 6.07) is 16.8. The van der Waals surface area contributed by atoms with Gasteiger partial charge in [0.1, 0.15) is 11.6 Å². The molecule has 0 aromatic heterocycles. The van der Waals surface area contributed by atoms with Crippen LogP contribution in [0.5, 0.6) is 5.75 Å². The molecule has 2 heterocycles. The standard InChI is InChI=1S/C27H24FN3O5/c1-2-22(16-6-4-3-5-7-16)29-26(32)17-8-9-21-23(12-17)31(27(33)24(21)30-34)13-18-10-20(28)11-19-14-35-15-36-25(18)19/h3-12,22,34H,2,13-15H2,1H3,(H,29,32)/b30-24-. The third kappa shape index (κ3) is 4.29. The van der Waals surface area contributed by atoms with E-state index >= 15 is 0 Å². The molecule has 0 radical (unpaired) electrons. The van der Waals surface area contributed by atoms with Crippen molar-refractivity contribution < 1.29 is 28.7 Å². The summed E-state index contributed by atoms with van der Waals surface area (Å²) in [6.45, 7) is 2.15. The fraction of sp³-hybridized carbons (Fsp3) is 0.222. The van der Waals surface area contributed by atoms with Crippen molar-refractivity contribution in [3.63, 3.8) is 0 Å².